The van der Waals surface area contributed by atoms with Crippen LogP contribution in [0.4, 0.5) is 10.1 Å². The zero-order valence-electron chi connectivity index (χ0n) is 11.3. The summed E-state index contributed by atoms with van der Waals surface area (Å²) in [7, 11) is 1.29. The van der Waals surface area contributed by atoms with Gasteiger partial charge in [0.25, 0.3) is 0 Å². The molecule has 0 saturated carbocycles. The number of methoxy groups -OCH3 is 1. The van der Waals surface area contributed by atoms with Crippen LogP contribution in [0, 0.1) is 12.7 Å². The number of aryl methyl sites for hydroxylation is 1. The van der Waals surface area contributed by atoms with Gasteiger partial charge in [-0.3, -0.25) is 4.98 Å². The molecule has 0 radical (unpaired) electrons. The molecule has 0 amide bonds. The van der Waals surface area contributed by atoms with E-state index in [2.05, 4.69) is 15.0 Å². The minimum Gasteiger partial charge on any atom is -0.465 e. The Balaban J connectivity index is 2.22. The smallest absolute Gasteiger partial charge is 0.339 e. The van der Waals surface area contributed by atoms with Crippen LogP contribution in [-0.2, 0) is 11.3 Å². The van der Waals surface area contributed by atoms with E-state index in [-0.39, 0.29) is 0 Å². The van der Waals surface area contributed by atoms with E-state index in [0.717, 1.165) is 11.1 Å². The zero-order valence-corrected chi connectivity index (χ0v) is 11.3. The van der Waals surface area contributed by atoms with Crippen molar-refractivity contribution in [3.05, 3.63) is 59.2 Å². The van der Waals surface area contributed by atoms with Gasteiger partial charge in [-0.05, 0) is 42.3 Å². The molecule has 0 unspecified atom stereocenters. The summed E-state index contributed by atoms with van der Waals surface area (Å²) in [5.74, 6) is -0.918. The molecule has 104 valence electrons. The molecule has 0 bridgehead atoms. The summed E-state index contributed by atoms with van der Waals surface area (Å²) in [4.78, 5) is 15.7. The second-order valence-corrected chi connectivity index (χ2v) is 4.34. The van der Waals surface area contributed by atoms with Crippen LogP contribution in [0.25, 0.3) is 0 Å². The van der Waals surface area contributed by atoms with Gasteiger partial charge in [0.1, 0.15) is 5.82 Å². The van der Waals surface area contributed by atoms with Gasteiger partial charge in [0.2, 0.25) is 0 Å². The van der Waals surface area contributed by atoms with Gasteiger partial charge in [-0.25, -0.2) is 9.18 Å². The van der Waals surface area contributed by atoms with Crippen molar-refractivity contribution in [2.45, 2.75) is 13.5 Å². The van der Waals surface area contributed by atoms with E-state index in [0.29, 0.717) is 17.8 Å². The third kappa shape index (κ3) is 3.12. The van der Waals surface area contributed by atoms with Crippen LogP contribution >= 0.6 is 0 Å². The van der Waals surface area contributed by atoms with Crippen LogP contribution in [0.2, 0.25) is 0 Å². The number of rotatable bonds is 4. The molecule has 2 aromatic rings. The number of hydrogen-bond acceptors (Lipinski definition) is 4. The Bertz CT molecular complexity index is 629. The molecule has 0 aliphatic rings. The molecule has 1 N–H and O–H groups in total. The molecule has 4 nitrogen and oxygen atoms in total. The Morgan fingerprint density at radius 3 is 2.90 bits per heavy atom. The van der Waals surface area contributed by atoms with Gasteiger partial charge in [-0.1, -0.05) is 0 Å². The van der Waals surface area contributed by atoms with Gasteiger partial charge in [-0.2, -0.15) is 0 Å². The molecular weight excluding hydrogens is 259 g/mol. The predicted molar refractivity (Wildman–Crippen MR) is 74.0 cm³/mol. The number of pyridine rings is 1. The summed E-state index contributed by atoms with van der Waals surface area (Å²) in [6.45, 7) is 2.42. The van der Waals surface area contributed by atoms with E-state index in [1.807, 2.05) is 13.0 Å². The summed E-state index contributed by atoms with van der Waals surface area (Å²) in [5.41, 5.74) is 2.76. The molecule has 5 heteroatoms. The highest BCUT2D eigenvalue weighted by molar-refractivity contribution is 5.95. The monoisotopic (exact) mass is 274 g/mol. The molecule has 20 heavy (non-hydrogen) atoms. The number of carbonyl (C=O) groups excluding carboxylic acids is 1. The van der Waals surface area contributed by atoms with Crippen molar-refractivity contribution in [3.8, 4) is 0 Å². The Morgan fingerprint density at radius 1 is 1.40 bits per heavy atom. The van der Waals surface area contributed by atoms with Gasteiger partial charge in [-0.15, -0.1) is 0 Å². The Morgan fingerprint density at radius 2 is 2.20 bits per heavy atom. The first-order valence-corrected chi connectivity index (χ1v) is 6.13. The molecule has 0 atom stereocenters. The van der Waals surface area contributed by atoms with Crippen molar-refractivity contribution in [2.75, 3.05) is 12.4 Å². The molecular formula is C15H15FN2O2. The van der Waals surface area contributed by atoms with E-state index in [4.69, 9.17) is 0 Å². The molecule has 1 aromatic carbocycles. The average molecular weight is 274 g/mol. The zero-order chi connectivity index (χ0) is 14.5. The maximum atomic E-state index is 13.3. The van der Waals surface area contributed by atoms with Crippen molar-refractivity contribution < 1.29 is 13.9 Å². The lowest BCUT2D eigenvalue weighted by Gasteiger charge is -2.12. The fraction of sp³-hybridized carbons (Fsp3) is 0.200. The van der Waals surface area contributed by atoms with Crippen molar-refractivity contribution >= 4 is 11.7 Å². The van der Waals surface area contributed by atoms with Crippen LogP contribution in [-0.4, -0.2) is 18.1 Å². The standard InChI is InChI=1S/C15H15FN2O2/c1-10-5-6-17-8-11(10)9-18-14-7-12(16)3-4-13(14)15(19)20-2/h3-8,18H,9H2,1-2H3. The van der Waals surface area contributed by atoms with Gasteiger partial charge in [0.05, 0.1) is 18.4 Å². The fourth-order valence-electron chi connectivity index (χ4n) is 1.82. The summed E-state index contributed by atoms with van der Waals surface area (Å²) in [6, 6.07) is 5.80. The maximum Gasteiger partial charge on any atom is 0.339 e. The van der Waals surface area contributed by atoms with Crippen LogP contribution in [0.5, 0.6) is 0 Å². The highest BCUT2D eigenvalue weighted by Crippen LogP contribution is 2.19. The number of hydrogen-bond donors (Lipinski definition) is 1. The largest absolute Gasteiger partial charge is 0.465 e. The lowest BCUT2D eigenvalue weighted by Crippen LogP contribution is -2.09. The highest BCUT2D eigenvalue weighted by atomic mass is 19.1. The highest BCUT2D eigenvalue weighted by Gasteiger charge is 2.12. The lowest BCUT2D eigenvalue weighted by molar-refractivity contribution is 0.0602. The molecule has 0 aliphatic heterocycles. The minimum atomic E-state index is -0.504. The molecule has 1 aromatic heterocycles. The molecule has 0 saturated heterocycles. The number of anilines is 1. The second-order valence-electron chi connectivity index (χ2n) is 4.34. The first-order chi connectivity index (χ1) is 9.61. The summed E-state index contributed by atoms with van der Waals surface area (Å²) in [6.07, 6.45) is 3.44. The van der Waals surface area contributed by atoms with Gasteiger partial charge in [0.15, 0.2) is 0 Å². The summed E-state index contributed by atoms with van der Waals surface area (Å²) < 4.78 is 18.0. The van der Waals surface area contributed by atoms with Gasteiger partial charge < -0.3 is 10.1 Å². The Labute approximate surface area is 116 Å². The molecule has 0 spiro atoms. The average Bonchev–Trinajstić information content (AvgIpc) is 2.46. The first kappa shape index (κ1) is 14.0. The number of nitrogens with one attached hydrogen (secondary N) is 1. The molecule has 0 fully saturated rings. The van der Waals surface area contributed by atoms with Crippen molar-refractivity contribution in [3.63, 3.8) is 0 Å². The number of benzene rings is 1. The molecule has 2 rings (SSSR count). The van der Waals surface area contributed by atoms with Gasteiger partial charge >= 0.3 is 5.97 Å². The molecule has 1 heterocycles. The van der Waals surface area contributed by atoms with E-state index in [1.165, 1.54) is 25.3 Å². The number of nitrogens with zero attached hydrogens (tertiary/aromatic N) is 1. The van der Waals surface area contributed by atoms with E-state index in [9.17, 15) is 9.18 Å². The number of halogens is 1. The second kappa shape index (κ2) is 6.14. The Kier molecular flexibility index (Phi) is 4.30. The van der Waals surface area contributed by atoms with Crippen LogP contribution in [0.15, 0.2) is 36.7 Å². The third-order valence-electron chi connectivity index (χ3n) is 3.00. The normalized spacial score (nSPS) is 10.2. The SMILES string of the molecule is COC(=O)c1ccc(F)cc1NCc1cnccc1C. The van der Waals surface area contributed by atoms with Gasteiger partial charge in [0, 0.05) is 18.9 Å². The Hall–Kier alpha value is -2.43. The third-order valence-corrected chi connectivity index (χ3v) is 3.00. The maximum absolute atomic E-state index is 13.3. The number of esters is 1. The summed E-state index contributed by atoms with van der Waals surface area (Å²) >= 11 is 0. The number of ether oxygens (including phenoxy) is 1. The van der Waals surface area contributed by atoms with Crippen LogP contribution < -0.4 is 5.32 Å². The fourth-order valence-corrected chi connectivity index (χ4v) is 1.82. The quantitative estimate of drug-likeness (QED) is 0.871. The lowest BCUT2D eigenvalue weighted by atomic mass is 10.1. The van der Waals surface area contributed by atoms with Crippen molar-refractivity contribution in [2.24, 2.45) is 0 Å². The first-order valence-electron chi connectivity index (χ1n) is 6.13. The number of aromatic nitrogens is 1. The van der Waals surface area contributed by atoms with Crippen LogP contribution in [0.1, 0.15) is 21.5 Å². The number of carbonyl (C=O) groups is 1. The predicted octanol–water partition coefficient (Wildman–Crippen LogP) is 2.93. The van der Waals surface area contributed by atoms with E-state index < -0.39 is 11.8 Å². The van der Waals surface area contributed by atoms with Crippen molar-refractivity contribution in [1.82, 2.24) is 4.98 Å². The van der Waals surface area contributed by atoms with E-state index >= 15 is 0 Å². The topological polar surface area (TPSA) is 51.2 Å². The van der Waals surface area contributed by atoms with Crippen molar-refractivity contribution in [1.29, 1.82) is 0 Å². The van der Waals surface area contributed by atoms with E-state index in [1.54, 1.807) is 12.4 Å². The minimum absolute atomic E-state index is 0.301. The summed E-state index contributed by atoms with van der Waals surface area (Å²) in [5, 5.41) is 3.05. The van der Waals surface area contributed by atoms with Crippen LogP contribution in [0.3, 0.4) is 0 Å². The molecule has 0 aliphatic carbocycles.